The molecule has 1 atom stereocenters. The number of imidazole rings is 1. The van der Waals surface area contributed by atoms with E-state index in [4.69, 9.17) is 23.2 Å². The fraction of sp³-hybridized carbons (Fsp3) is 0.188. The summed E-state index contributed by atoms with van der Waals surface area (Å²) in [6, 6.07) is 12.3. The molecule has 0 saturated carbocycles. The molecule has 2 nitrogen and oxygen atoms in total. The molecule has 3 rings (SSSR count). The summed E-state index contributed by atoms with van der Waals surface area (Å²) in [5.41, 5.74) is 2.52. The van der Waals surface area contributed by atoms with Gasteiger partial charge in [0, 0.05) is 11.1 Å². The van der Waals surface area contributed by atoms with Gasteiger partial charge in [-0.1, -0.05) is 23.7 Å². The van der Waals surface area contributed by atoms with Crippen LogP contribution >= 0.6 is 23.2 Å². The molecule has 0 aliphatic heterocycles. The summed E-state index contributed by atoms with van der Waals surface area (Å²) < 4.78 is 15.4. The van der Waals surface area contributed by atoms with Crippen LogP contribution in [0.2, 0.25) is 5.02 Å². The molecular formula is C16H13Cl2FN2. The molecule has 1 aromatic heterocycles. The van der Waals surface area contributed by atoms with Gasteiger partial charge in [-0.3, -0.25) is 0 Å². The average Bonchev–Trinajstić information content (AvgIpc) is 2.83. The standard InChI is InChI=1S/C16H13Cl2FN2/c1-10(11-3-2-4-12(18)7-11)21-15-6-5-13(19)8-14(15)20-16(21)9-17/h2-8,10H,9H2,1H3. The summed E-state index contributed by atoms with van der Waals surface area (Å²) in [7, 11) is 0. The minimum atomic E-state index is -0.302. The van der Waals surface area contributed by atoms with Crippen molar-refractivity contribution in [1.29, 1.82) is 0 Å². The van der Waals surface area contributed by atoms with Crippen molar-refractivity contribution in [2.75, 3.05) is 0 Å². The van der Waals surface area contributed by atoms with Gasteiger partial charge >= 0.3 is 0 Å². The van der Waals surface area contributed by atoms with Crippen molar-refractivity contribution < 1.29 is 4.39 Å². The summed E-state index contributed by atoms with van der Waals surface area (Å²) >= 11 is 12.1. The molecule has 1 heterocycles. The number of hydrogen-bond acceptors (Lipinski definition) is 1. The Bertz CT molecular complexity index is 798. The number of rotatable bonds is 3. The maximum atomic E-state index is 13.4. The molecule has 0 aliphatic carbocycles. The highest BCUT2D eigenvalue weighted by atomic mass is 35.5. The van der Waals surface area contributed by atoms with Crippen LogP contribution < -0.4 is 0 Å². The second kappa shape index (κ2) is 5.66. The lowest BCUT2D eigenvalue weighted by Crippen LogP contribution is -2.09. The molecule has 5 heteroatoms. The normalized spacial score (nSPS) is 12.8. The van der Waals surface area contributed by atoms with E-state index in [-0.39, 0.29) is 17.7 Å². The minimum Gasteiger partial charge on any atom is -0.320 e. The summed E-state index contributed by atoms with van der Waals surface area (Å²) in [6.45, 7) is 2.05. The van der Waals surface area contributed by atoms with Crippen LogP contribution in [0.15, 0.2) is 42.5 Å². The Hall–Kier alpha value is -1.58. The van der Waals surface area contributed by atoms with Crippen LogP contribution in [0.1, 0.15) is 24.4 Å². The van der Waals surface area contributed by atoms with Crippen molar-refractivity contribution in [3.05, 3.63) is 64.7 Å². The first-order chi connectivity index (χ1) is 10.1. The highest BCUT2D eigenvalue weighted by Crippen LogP contribution is 2.28. The fourth-order valence-corrected chi connectivity index (χ4v) is 2.95. The second-order valence-corrected chi connectivity index (χ2v) is 5.60. The van der Waals surface area contributed by atoms with Crippen molar-refractivity contribution in [2.24, 2.45) is 0 Å². The summed E-state index contributed by atoms with van der Waals surface area (Å²) in [5, 5.41) is 0.683. The minimum absolute atomic E-state index is 0.00733. The van der Waals surface area contributed by atoms with E-state index in [1.54, 1.807) is 6.07 Å². The van der Waals surface area contributed by atoms with Crippen LogP contribution in [0, 0.1) is 5.82 Å². The molecule has 108 valence electrons. The van der Waals surface area contributed by atoms with Crippen LogP contribution in [0.4, 0.5) is 4.39 Å². The van der Waals surface area contributed by atoms with Crippen molar-refractivity contribution in [3.8, 4) is 0 Å². The van der Waals surface area contributed by atoms with Crippen LogP contribution in [-0.4, -0.2) is 9.55 Å². The van der Waals surface area contributed by atoms with E-state index in [1.165, 1.54) is 12.1 Å². The Morgan fingerprint density at radius 2 is 2.05 bits per heavy atom. The zero-order valence-corrected chi connectivity index (χ0v) is 12.9. The van der Waals surface area contributed by atoms with Crippen molar-refractivity contribution in [1.82, 2.24) is 9.55 Å². The molecular weight excluding hydrogens is 310 g/mol. The Kier molecular flexibility index (Phi) is 3.87. The van der Waals surface area contributed by atoms with Crippen LogP contribution in [-0.2, 0) is 5.88 Å². The Labute approximate surface area is 132 Å². The highest BCUT2D eigenvalue weighted by molar-refractivity contribution is 6.30. The number of benzene rings is 2. The first kappa shape index (κ1) is 14.4. The van der Waals surface area contributed by atoms with Gasteiger partial charge < -0.3 is 4.57 Å². The molecule has 0 saturated heterocycles. The SMILES string of the molecule is CC(c1cccc(Cl)c1)n1c(CCl)nc2cc(F)ccc21. The molecule has 0 N–H and O–H groups in total. The molecule has 0 aliphatic rings. The smallest absolute Gasteiger partial charge is 0.125 e. The number of fused-ring (bicyclic) bond motifs is 1. The number of halogens is 3. The monoisotopic (exact) mass is 322 g/mol. The quantitative estimate of drug-likeness (QED) is 0.608. The predicted octanol–water partition coefficient (Wildman–Crippen LogP) is 5.18. The van der Waals surface area contributed by atoms with E-state index >= 15 is 0 Å². The third-order valence-electron chi connectivity index (χ3n) is 3.56. The first-order valence-electron chi connectivity index (χ1n) is 6.58. The predicted molar refractivity (Wildman–Crippen MR) is 84.5 cm³/mol. The largest absolute Gasteiger partial charge is 0.320 e. The van der Waals surface area contributed by atoms with Crippen LogP contribution in [0.3, 0.4) is 0 Å². The molecule has 1 unspecified atom stereocenters. The Morgan fingerprint density at radius 3 is 2.76 bits per heavy atom. The molecule has 2 aromatic carbocycles. The molecule has 0 amide bonds. The van der Waals surface area contributed by atoms with E-state index in [9.17, 15) is 4.39 Å². The van der Waals surface area contributed by atoms with Crippen molar-refractivity contribution >= 4 is 34.2 Å². The third kappa shape index (κ3) is 2.63. The van der Waals surface area contributed by atoms with Crippen LogP contribution in [0.25, 0.3) is 11.0 Å². The molecule has 21 heavy (non-hydrogen) atoms. The molecule has 0 fully saturated rings. The Balaban J connectivity index is 2.18. The lowest BCUT2D eigenvalue weighted by molar-refractivity contribution is 0.626. The zero-order chi connectivity index (χ0) is 15.0. The summed E-state index contributed by atoms with van der Waals surface area (Å²) in [4.78, 5) is 4.42. The maximum absolute atomic E-state index is 13.4. The average molecular weight is 323 g/mol. The van der Waals surface area contributed by atoms with Gasteiger partial charge in [-0.25, -0.2) is 9.37 Å². The van der Waals surface area contributed by atoms with E-state index in [0.717, 1.165) is 11.1 Å². The van der Waals surface area contributed by atoms with Gasteiger partial charge in [0.15, 0.2) is 0 Å². The number of alkyl halides is 1. The van der Waals surface area contributed by atoms with Crippen molar-refractivity contribution in [2.45, 2.75) is 18.8 Å². The van der Waals surface area contributed by atoms with E-state index in [1.807, 2.05) is 35.8 Å². The van der Waals surface area contributed by atoms with Crippen molar-refractivity contribution in [3.63, 3.8) is 0 Å². The number of aromatic nitrogens is 2. The molecule has 0 spiro atoms. The lowest BCUT2D eigenvalue weighted by atomic mass is 10.1. The van der Waals surface area contributed by atoms with Gasteiger partial charge in [0.05, 0.1) is 23.0 Å². The number of nitrogens with zero attached hydrogens (tertiary/aromatic N) is 2. The van der Waals surface area contributed by atoms with Crippen LogP contribution in [0.5, 0.6) is 0 Å². The molecule has 0 bridgehead atoms. The van der Waals surface area contributed by atoms with E-state index in [2.05, 4.69) is 4.98 Å². The van der Waals surface area contributed by atoms with Gasteiger partial charge in [0.25, 0.3) is 0 Å². The van der Waals surface area contributed by atoms with Gasteiger partial charge in [-0.05, 0) is 36.8 Å². The van der Waals surface area contributed by atoms with Gasteiger partial charge in [0.1, 0.15) is 11.6 Å². The summed E-state index contributed by atoms with van der Waals surface area (Å²) in [6.07, 6.45) is 0. The second-order valence-electron chi connectivity index (χ2n) is 4.90. The fourth-order valence-electron chi connectivity index (χ4n) is 2.56. The lowest BCUT2D eigenvalue weighted by Gasteiger charge is -2.17. The van der Waals surface area contributed by atoms with Gasteiger partial charge in [-0.2, -0.15) is 0 Å². The maximum Gasteiger partial charge on any atom is 0.125 e. The Morgan fingerprint density at radius 1 is 1.24 bits per heavy atom. The molecule has 0 radical (unpaired) electrons. The van der Waals surface area contributed by atoms with Gasteiger partial charge in [-0.15, -0.1) is 11.6 Å². The van der Waals surface area contributed by atoms with E-state index in [0.29, 0.717) is 16.4 Å². The number of hydrogen-bond donors (Lipinski definition) is 0. The first-order valence-corrected chi connectivity index (χ1v) is 7.49. The van der Waals surface area contributed by atoms with Gasteiger partial charge in [0.2, 0.25) is 0 Å². The third-order valence-corrected chi connectivity index (χ3v) is 4.04. The highest BCUT2D eigenvalue weighted by Gasteiger charge is 2.17. The molecule has 3 aromatic rings. The zero-order valence-electron chi connectivity index (χ0n) is 11.4. The van der Waals surface area contributed by atoms with E-state index < -0.39 is 0 Å². The summed E-state index contributed by atoms with van der Waals surface area (Å²) in [5.74, 6) is 0.676. The topological polar surface area (TPSA) is 17.8 Å².